The molecule has 3 heterocycles. The van der Waals surface area contributed by atoms with E-state index >= 15 is 0 Å². The van der Waals surface area contributed by atoms with Crippen molar-refractivity contribution in [1.82, 2.24) is 30.7 Å². The van der Waals surface area contributed by atoms with Gasteiger partial charge in [0.2, 0.25) is 0 Å². The van der Waals surface area contributed by atoms with Crippen LogP contribution in [-0.4, -0.2) is 46.3 Å². The van der Waals surface area contributed by atoms with Gasteiger partial charge in [-0.15, -0.1) is 10.2 Å². The topological polar surface area (TPSA) is 121 Å². The summed E-state index contributed by atoms with van der Waals surface area (Å²) in [6, 6.07) is 6.05. The molecular formula is C21H29ClN8. The standard InChI is InChI=1S/C21H29ClN8/c1-13-2-3-16(22)15(10-13)12-30-9-8-26-19(24)18(30)11-17(23)21-27-20(28-29-21)14-4-6-25-7-5-14/h2-3,10-11,14,25-26H,4-9,12,23-24H2,1H3,(H,27,28,29)/b17-11-. The molecule has 1 aromatic carbocycles. The molecule has 0 amide bonds. The molecule has 4 rings (SSSR count). The van der Waals surface area contributed by atoms with Gasteiger partial charge in [-0.05, 0) is 50.6 Å². The molecule has 0 bridgehead atoms. The number of aryl methyl sites for hydroxylation is 1. The van der Waals surface area contributed by atoms with Gasteiger partial charge < -0.3 is 32.0 Å². The minimum Gasteiger partial charge on any atom is -0.396 e. The van der Waals surface area contributed by atoms with E-state index in [1.165, 1.54) is 5.56 Å². The molecule has 7 N–H and O–H groups in total. The number of aromatic nitrogens is 3. The first kappa shape index (κ1) is 20.6. The first-order valence-electron chi connectivity index (χ1n) is 10.4. The number of halogens is 1. The summed E-state index contributed by atoms with van der Waals surface area (Å²) in [6.07, 6.45) is 3.95. The summed E-state index contributed by atoms with van der Waals surface area (Å²) in [5.41, 5.74) is 16.2. The van der Waals surface area contributed by atoms with Crippen molar-refractivity contribution < 1.29 is 0 Å². The van der Waals surface area contributed by atoms with E-state index in [0.717, 1.165) is 61.1 Å². The molecule has 9 heteroatoms. The molecule has 0 radical (unpaired) electrons. The maximum Gasteiger partial charge on any atom is 0.177 e. The number of hydrogen-bond donors (Lipinski definition) is 5. The van der Waals surface area contributed by atoms with Crippen molar-refractivity contribution in [3.05, 3.63) is 63.6 Å². The van der Waals surface area contributed by atoms with Crippen LogP contribution in [0.25, 0.3) is 5.70 Å². The van der Waals surface area contributed by atoms with Crippen LogP contribution in [0.2, 0.25) is 5.02 Å². The Kier molecular flexibility index (Phi) is 6.15. The number of nitrogens with one attached hydrogen (secondary N) is 3. The van der Waals surface area contributed by atoms with E-state index in [9.17, 15) is 0 Å². The highest BCUT2D eigenvalue weighted by molar-refractivity contribution is 6.31. The molecule has 1 fully saturated rings. The summed E-state index contributed by atoms with van der Waals surface area (Å²) in [4.78, 5) is 5.49. The van der Waals surface area contributed by atoms with Gasteiger partial charge in [0.25, 0.3) is 0 Å². The molecule has 1 saturated heterocycles. The van der Waals surface area contributed by atoms with Gasteiger partial charge in [-0.3, -0.25) is 0 Å². The van der Waals surface area contributed by atoms with Gasteiger partial charge >= 0.3 is 0 Å². The smallest absolute Gasteiger partial charge is 0.177 e. The second-order valence-electron chi connectivity index (χ2n) is 7.92. The Balaban J connectivity index is 1.56. The molecule has 2 aliphatic rings. The second-order valence-corrected chi connectivity index (χ2v) is 8.33. The molecule has 2 aliphatic heterocycles. The van der Waals surface area contributed by atoms with E-state index in [1.807, 2.05) is 18.2 Å². The third-order valence-electron chi connectivity index (χ3n) is 5.67. The van der Waals surface area contributed by atoms with E-state index in [1.54, 1.807) is 0 Å². The number of benzene rings is 1. The molecule has 0 saturated carbocycles. The molecule has 0 atom stereocenters. The van der Waals surface area contributed by atoms with Crippen LogP contribution in [-0.2, 0) is 6.54 Å². The van der Waals surface area contributed by atoms with Gasteiger partial charge in [0.1, 0.15) is 11.6 Å². The summed E-state index contributed by atoms with van der Waals surface area (Å²) in [5.74, 6) is 2.45. The highest BCUT2D eigenvalue weighted by Crippen LogP contribution is 2.25. The Labute approximate surface area is 181 Å². The number of hydrogen-bond acceptors (Lipinski definition) is 7. The van der Waals surface area contributed by atoms with Crippen LogP contribution in [0.5, 0.6) is 0 Å². The summed E-state index contributed by atoms with van der Waals surface area (Å²) in [7, 11) is 0. The van der Waals surface area contributed by atoms with E-state index in [0.29, 0.717) is 29.8 Å². The molecule has 8 nitrogen and oxygen atoms in total. The first-order chi connectivity index (χ1) is 14.5. The molecule has 160 valence electrons. The minimum atomic E-state index is 0.390. The molecule has 1 aromatic heterocycles. The van der Waals surface area contributed by atoms with E-state index in [-0.39, 0.29) is 0 Å². The number of nitrogens with zero attached hydrogens (tertiary/aromatic N) is 3. The number of aromatic amines is 1. The van der Waals surface area contributed by atoms with Crippen LogP contribution in [0.15, 0.2) is 35.8 Å². The number of piperidine rings is 1. The van der Waals surface area contributed by atoms with Gasteiger partial charge in [-0.25, -0.2) is 0 Å². The molecule has 2 aromatic rings. The number of H-pyrrole nitrogens is 1. The fraction of sp³-hybridized carbons (Fsp3) is 0.429. The van der Waals surface area contributed by atoms with Gasteiger partial charge in [-0.1, -0.05) is 29.3 Å². The van der Waals surface area contributed by atoms with Crippen LogP contribution < -0.4 is 22.1 Å². The van der Waals surface area contributed by atoms with Crippen LogP contribution in [0.3, 0.4) is 0 Å². The number of nitrogens with two attached hydrogens (primary N) is 2. The summed E-state index contributed by atoms with van der Waals surface area (Å²) >= 11 is 6.42. The zero-order valence-corrected chi connectivity index (χ0v) is 18.0. The Morgan fingerprint density at radius 2 is 2.07 bits per heavy atom. The lowest BCUT2D eigenvalue weighted by atomic mass is 9.98. The normalized spacial score (nSPS) is 18.6. The molecule has 30 heavy (non-hydrogen) atoms. The maximum absolute atomic E-state index is 6.42. The van der Waals surface area contributed by atoms with Crippen LogP contribution in [0.4, 0.5) is 0 Å². The quantitative estimate of drug-likeness (QED) is 0.492. The summed E-state index contributed by atoms with van der Waals surface area (Å²) in [6.45, 7) is 6.26. The zero-order chi connectivity index (χ0) is 21.1. The highest BCUT2D eigenvalue weighted by Gasteiger charge is 2.21. The predicted molar refractivity (Wildman–Crippen MR) is 119 cm³/mol. The van der Waals surface area contributed by atoms with Crippen molar-refractivity contribution in [1.29, 1.82) is 0 Å². The third kappa shape index (κ3) is 4.55. The Morgan fingerprint density at radius 3 is 2.87 bits per heavy atom. The van der Waals surface area contributed by atoms with Crippen molar-refractivity contribution in [3.8, 4) is 0 Å². The molecule has 0 aliphatic carbocycles. The summed E-state index contributed by atoms with van der Waals surface area (Å²) in [5, 5.41) is 15.9. The van der Waals surface area contributed by atoms with Gasteiger partial charge in [0.15, 0.2) is 5.82 Å². The average molecular weight is 429 g/mol. The third-order valence-corrected chi connectivity index (χ3v) is 6.04. The Morgan fingerprint density at radius 1 is 1.27 bits per heavy atom. The van der Waals surface area contributed by atoms with E-state index in [4.69, 9.17) is 23.1 Å². The SMILES string of the molecule is Cc1ccc(Cl)c(CN2CCNC(N)=C2/C=C(\N)c2nnc(C3CCNCC3)[nH]2)c1. The fourth-order valence-electron chi connectivity index (χ4n) is 3.97. The lowest BCUT2D eigenvalue weighted by Crippen LogP contribution is -2.41. The Hall–Kier alpha value is -2.71. The lowest BCUT2D eigenvalue weighted by molar-refractivity contribution is 0.321. The maximum atomic E-state index is 6.42. The minimum absolute atomic E-state index is 0.390. The average Bonchev–Trinajstić information content (AvgIpc) is 3.24. The van der Waals surface area contributed by atoms with Crippen LogP contribution >= 0.6 is 11.6 Å². The largest absolute Gasteiger partial charge is 0.396 e. The van der Waals surface area contributed by atoms with Crippen molar-refractivity contribution in [2.45, 2.75) is 32.2 Å². The number of rotatable bonds is 5. The highest BCUT2D eigenvalue weighted by atomic mass is 35.5. The lowest BCUT2D eigenvalue weighted by Gasteiger charge is -2.32. The van der Waals surface area contributed by atoms with Gasteiger partial charge in [0.05, 0.1) is 11.4 Å². The van der Waals surface area contributed by atoms with E-state index in [2.05, 4.69) is 43.7 Å². The Bertz CT molecular complexity index is 958. The van der Waals surface area contributed by atoms with E-state index < -0.39 is 0 Å². The van der Waals surface area contributed by atoms with Crippen molar-refractivity contribution in [3.63, 3.8) is 0 Å². The molecule has 0 spiro atoms. The van der Waals surface area contributed by atoms with Crippen LogP contribution in [0, 0.1) is 6.92 Å². The monoisotopic (exact) mass is 428 g/mol. The molecular weight excluding hydrogens is 400 g/mol. The molecule has 0 unspecified atom stereocenters. The van der Waals surface area contributed by atoms with Crippen LogP contribution in [0.1, 0.15) is 41.5 Å². The van der Waals surface area contributed by atoms with Gasteiger partial charge in [-0.2, -0.15) is 0 Å². The van der Waals surface area contributed by atoms with Gasteiger partial charge in [0, 0.05) is 30.6 Å². The summed E-state index contributed by atoms with van der Waals surface area (Å²) < 4.78 is 0. The first-order valence-corrected chi connectivity index (χ1v) is 10.7. The fourth-order valence-corrected chi connectivity index (χ4v) is 4.15. The van der Waals surface area contributed by atoms with Crippen molar-refractivity contribution >= 4 is 17.3 Å². The second kappa shape index (κ2) is 8.97. The number of allylic oxidation sites excluding steroid dienone is 1. The predicted octanol–water partition coefficient (Wildman–Crippen LogP) is 1.77. The van der Waals surface area contributed by atoms with Crippen molar-refractivity contribution in [2.75, 3.05) is 26.2 Å². The van der Waals surface area contributed by atoms with Crippen molar-refractivity contribution in [2.24, 2.45) is 11.5 Å². The zero-order valence-electron chi connectivity index (χ0n) is 17.2.